The fraction of sp³-hybridized carbons (Fsp3) is 0.316. The zero-order valence-corrected chi connectivity index (χ0v) is 19.9. The Morgan fingerprint density at radius 2 is 2.14 bits per heavy atom. The van der Waals surface area contributed by atoms with Crippen molar-refractivity contribution in [3.8, 4) is 5.69 Å². The highest BCUT2D eigenvalue weighted by atomic mass is 127. The molecule has 150 valence electrons. The highest BCUT2D eigenvalue weighted by Gasteiger charge is 2.08. The maximum atomic E-state index is 4.46. The summed E-state index contributed by atoms with van der Waals surface area (Å²) in [5.74, 6) is 1.94. The van der Waals surface area contributed by atoms with E-state index in [9.17, 15) is 0 Å². The molecule has 2 aromatic heterocycles. The van der Waals surface area contributed by atoms with Crippen molar-refractivity contribution in [1.82, 2.24) is 25.0 Å². The maximum Gasteiger partial charge on any atom is 0.193 e. The average molecular weight is 528 g/mol. The Labute approximate surface area is 191 Å². The Balaban J connectivity index is 0.00000280. The van der Waals surface area contributed by atoms with Crippen molar-refractivity contribution in [1.29, 1.82) is 0 Å². The van der Waals surface area contributed by atoms with E-state index in [0.717, 1.165) is 46.8 Å². The first kappa shape index (κ1) is 22.7. The minimum Gasteiger partial charge on any atom is -0.356 e. The number of aliphatic imine (C=N–C) groups is 1. The second-order valence-electron chi connectivity index (χ2n) is 5.96. The molecule has 0 saturated heterocycles. The summed E-state index contributed by atoms with van der Waals surface area (Å²) in [7, 11) is 3.86. The molecule has 0 aliphatic rings. The number of guanidine groups is 1. The normalized spacial score (nSPS) is 11.1. The molecule has 0 aliphatic carbocycles. The number of halogens is 1. The molecule has 0 saturated carbocycles. The third-order valence-corrected chi connectivity index (χ3v) is 5.94. The molecule has 3 aromatic rings. The lowest BCUT2D eigenvalue weighted by Crippen LogP contribution is -2.38. The summed E-state index contributed by atoms with van der Waals surface area (Å²) in [4.78, 5) is 10.8. The minimum absolute atomic E-state index is 0. The second kappa shape index (κ2) is 12.1. The fourth-order valence-corrected chi connectivity index (χ4v) is 4.26. The number of thiazole rings is 1. The predicted molar refractivity (Wildman–Crippen MR) is 129 cm³/mol. The van der Waals surface area contributed by atoms with Gasteiger partial charge in [-0.25, -0.2) is 9.67 Å². The topological polar surface area (TPSA) is 58.3 Å². The molecule has 1 aromatic carbocycles. The summed E-state index contributed by atoms with van der Waals surface area (Å²) in [5, 5.41) is 9.90. The lowest BCUT2D eigenvalue weighted by molar-refractivity contribution is 0.477. The van der Waals surface area contributed by atoms with Gasteiger partial charge in [0.1, 0.15) is 4.34 Å². The van der Waals surface area contributed by atoms with E-state index in [0.29, 0.717) is 0 Å². The smallest absolute Gasteiger partial charge is 0.193 e. The van der Waals surface area contributed by atoms with Crippen molar-refractivity contribution in [2.24, 2.45) is 4.99 Å². The van der Waals surface area contributed by atoms with Crippen LogP contribution in [0.25, 0.3) is 5.69 Å². The zero-order chi connectivity index (χ0) is 18.9. The van der Waals surface area contributed by atoms with E-state index in [4.69, 9.17) is 0 Å². The van der Waals surface area contributed by atoms with Crippen LogP contribution in [0.4, 0.5) is 0 Å². The standard InChI is InChI=1S/C19H24N6S2.HI/c1-20-18(21-9-6-11-26-19-22-10-12-27-19)24(2)14-16-13-23-25(15-16)17-7-4-3-5-8-17;/h3-5,7-8,10,12-13,15H,6,9,11,14H2,1-2H3,(H,20,21);1H. The van der Waals surface area contributed by atoms with Crippen LogP contribution in [0.2, 0.25) is 0 Å². The molecule has 0 unspecified atom stereocenters. The molecule has 2 heterocycles. The van der Waals surface area contributed by atoms with Crippen LogP contribution in [-0.4, -0.2) is 52.0 Å². The number of nitrogens with one attached hydrogen (secondary N) is 1. The average Bonchev–Trinajstić information content (AvgIpc) is 3.37. The molecule has 0 amide bonds. The second-order valence-corrected chi connectivity index (χ2v) is 8.20. The Morgan fingerprint density at radius 1 is 1.32 bits per heavy atom. The lowest BCUT2D eigenvalue weighted by Gasteiger charge is -2.21. The van der Waals surface area contributed by atoms with Crippen LogP contribution in [0.3, 0.4) is 0 Å². The molecular formula is C19H25IN6S2. The third kappa shape index (κ3) is 6.78. The Bertz CT molecular complexity index is 835. The van der Waals surface area contributed by atoms with Gasteiger partial charge >= 0.3 is 0 Å². The monoisotopic (exact) mass is 528 g/mol. The molecule has 3 rings (SSSR count). The van der Waals surface area contributed by atoms with Gasteiger partial charge in [-0.2, -0.15) is 5.10 Å². The van der Waals surface area contributed by atoms with Crippen LogP contribution in [0.15, 0.2) is 63.6 Å². The molecule has 9 heteroatoms. The van der Waals surface area contributed by atoms with Gasteiger partial charge in [0, 0.05) is 56.3 Å². The van der Waals surface area contributed by atoms with Crippen LogP contribution >= 0.6 is 47.1 Å². The highest BCUT2D eigenvalue weighted by molar-refractivity contribution is 14.0. The Hall–Kier alpha value is -1.59. The number of hydrogen-bond donors (Lipinski definition) is 1. The van der Waals surface area contributed by atoms with Crippen molar-refractivity contribution >= 4 is 53.0 Å². The van der Waals surface area contributed by atoms with Crippen LogP contribution in [0.1, 0.15) is 12.0 Å². The Morgan fingerprint density at radius 3 is 2.86 bits per heavy atom. The zero-order valence-electron chi connectivity index (χ0n) is 16.0. The van der Waals surface area contributed by atoms with Crippen molar-refractivity contribution in [2.45, 2.75) is 17.3 Å². The Kier molecular flexibility index (Phi) is 9.79. The van der Waals surface area contributed by atoms with Crippen molar-refractivity contribution in [3.05, 3.63) is 59.9 Å². The number of rotatable bonds is 8. The summed E-state index contributed by atoms with van der Waals surface area (Å²) >= 11 is 3.49. The number of thioether (sulfide) groups is 1. The van der Waals surface area contributed by atoms with Crippen molar-refractivity contribution < 1.29 is 0 Å². The van der Waals surface area contributed by atoms with Crippen LogP contribution in [0.5, 0.6) is 0 Å². The first-order chi connectivity index (χ1) is 13.3. The molecule has 0 fully saturated rings. The molecule has 0 atom stereocenters. The third-order valence-electron chi connectivity index (χ3n) is 3.89. The predicted octanol–water partition coefficient (Wildman–Crippen LogP) is 4.14. The molecule has 0 bridgehead atoms. The van der Waals surface area contributed by atoms with Crippen molar-refractivity contribution in [3.63, 3.8) is 0 Å². The van der Waals surface area contributed by atoms with E-state index in [-0.39, 0.29) is 24.0 Å². The molecule has 0 spiro atoms. The summed E-state index contributed by atoms with van der Waals surface area (Å²) in [6.45, 7) is 1.64. The number of aromatic nitrogens is 3. The molecule has 28 heavy (non-hydrogen) atoms. The first-order valence-corrected chi connectivity index (χ1v) is 10.7. The number of para-hydroxylation sites is 1. The van der Waals surface area contributed by atoms with Gasteiger partial charge in [-0.3, -0.25) is 4.99 Å². The van der Waals surface area contributed by atoms with Gasteiger partial charge in [0.2, 0.25) is 0 Å². The summed E-state index contributed by atoms with van der Waals surface area (Å²) < 4.78 is 3.03. The van der Waals surface area contributed by atoms with Gasteiger partial charge in [-0.1, -0.05) is 30.0 Å². The van der Waals surface area contributed by atoms with E-state index < -0.39 is 0 Å². The quantitative estimate of drug-likeness (QED) is 0.157. The van der Waals surface area contributed by atoms with Gasteiger partial charge in [0.15, 0.2) is 5.96 Å². The van der Waals surface area contributed by atoms with Gasteiger partial charge in [-0.05, 0) is 18.6 Å². The van der Waals surface area contributed by atoms with Gasteiger partial charge in [0.05, 0.1) is 11.9 Å². The van der Waals surface area contributed by atoms with E-state index in [2.05, 4.69) is 31.5 Å². The largest absolute Gasteiger partial charge is 0.356 e. The molecule has 0 aliphatic heterocycles. The number of hydrogen-bond acceptors (Lipinski definition) is 5. The van der Waals surface area contributed by atoms with Gasteiger partial charge in [-0.15, -0.1) is 35.3 Å². The van der Waals surface area contributed by atoms with Crippen LogP contribution in [-0.2, 0) is 6.54 Å². The van der Waals surface area contributed by atoms with E-state index in [1.165, 1.54) is 0 Å². The molecular weight excluding hydrogens is 503 g/mol. The summed E-state index contributed by atoms with van der Waals surface area (Å²) in [5.41, 5.74) is 2.20. The molecule has 1 N–H and O–H groups in total. The first-order valence-electron chi connectivity index (χ1n) is 8.79. The minimum atomic E-state index is 0. The summed E-state index contributed by atoms with van der Waals surface area (Å²) in [6, 6.07) is 10.1. The highest BCUT2D eigenvalue weighted by Crippen LogP contribution is 2.20. The van der Waals surface area contributed by atoms with Gasteiger partial charge in [0.25, 0.3) is 0 Å². The van der Waals surface area contributed by atoms with Gasteiger partial charge < -0.3 is 10.2 Å². The lowest BCUT2D eigenvalue weighted by atomic mass is 10.3. The number of benzene rings is 1. The maximum absolute atomic E-state index is 4.46. The van der Waals surface area contributed by atoms with E-state index in [1.807, 2.05) is 66.9 Å². The number of nitrogens with zero attached hydrogens (tertiary/aromatic N) is 5. The SMILES string of the molecule is CN=C(NCCCSc1nccs1)N(C)Cc1cnn(-c2ccccc2)c1.I. The van der Waals surface area contributed by atoms with Crippen LogP contribution < -0.4 is 5.32 Å². The van der Waals surface area contributed by atoms with Crippen LogP contribution in [0, 0.1) is 0 Å². The van der Waals surface area contributed by atoms with E-state index >= 15 is 0 Å². The molecule has 6 nitrogen and oxygen atoms in total. The fourth-order valence-electron chi connectivity index (χ4n) is 2.61. The molecule has 0 radical (unpaired) electrons. The van der Waals surface area contributed by atoms with E-state index in [1.54, 1.807) is 23.1 Å². The van der Waals surface area contributed by atoms with Crippen molar-refractivity contribution in [2.75, 3.05) is 26.4 Å². The summed E-state index contributed by atoms with van der Waals surface area (Å²) in [6.07, 6.45) is 6.87.